The molecule has 5 nitrogen and oxygen atoms in total. The van der Waals surface area contributed by atoms with Crippen molar-refractivity contribution in [2.75, 3.05) is 19.0 Å². The smallest absolute Gasteiger partial charge is 0.319 e. The molecule has 0 bridgehead atoms. The van der Waals surface area contributed by atoms with E-state index in [1.807, 2.05) is 30.3 Å². The van der Waals surface area contributed by atoms with Crippen LogP contribution in [0, 0.1) is 0 Å². The Bertz CT molecular complexity index is 537. The summed E-state index contributed by atoms with van der Waals surface area (Å²) in [4.78, 5) is 7.94. The maximum Gasteiger partial charge on any atom is 0.319 e. The Morgan fingerprint density at radius 1 is 1.32 bits per heavy atom. The van der Waals surface area contributed by atoms with E-state index in [0.29, 0.717) is 12.4 Å². The van der Waals surface area contributed by atoms with Crippen LogP contribution in [0.2, 0.25) is 5.15 Å². The average molecular weight is 280 g/mol. The van der Waals surface area contributed by atoms with E-state index in [9.17, 15) is 5.11 Å². The summed E-state index contributed by atoms with van der Waals surface area (Å²) < 4.78 is 4.92. The number of aromatic nitrogens is 2. The normalized spacial score (nSPS) is 11.9. The number of hydrogen-bond acceptors (Lipinski definition) is 5. The van der Waals surface area contributed by atoms with E-state index >= 15 is 0 Å². The van der Waals surface area contributed by atoms with Gasteiger partial charge in [-0.2, -0.15) is 9.97 Å². The van der Waals surface area contributed by atoms with Crippen LogP contribution in [0.3, 0.4) is 0 Å². The maximum absolute atomic E-state index is 10.0. The molecule has 2 aromatic rings. The van der Waals surface area contributed by atoms with Crippen LogP contribution < -0.4 is 10.1 Å². The molecule has 1 unspecified atom stereocenters. The van der Waals surface area contributed by atoms with E-state index in [1.165, 1.54) is 7.11 Å². The fourth-order valence-electron chi connectivity index (χ4n) is 1.57. The van der Waals surface area contributed by atoms with Crippen LogP contribution in [0.5, 0.6) is 6.01 Å². The number of halogens is 1. The molecule has 0 amide bonds. The van der Waals surface area contributed by atoms with Crippen molar-refractivity contribution in [2.45, 2.75) is 6.10 Å². The first-order valence-electron chi connectivity index (χ1n) is 5.74. The van der Waals surface area contributed by atoms with Gasteiger partial charge in [-0.05, 0) is 5.56 Å². The molecule has 19 heavy (non-hydrogen) atoms. The third-order valence-electron chi connectivity index (χ3n) is 2.52. The highest BCUT2D eigenvalue weighted by atomic mass is 35.5. The van der Waals surface area contributed by atoms with Crippen LogP contribution in [0.1, 0.15) is 11.7 Å². The van der Waals surface area contributed by atoms with Gasteiger partial charge in [-0.15, -0.1) is 0 Å². The minimum absolute atomic E-state index is 0.184. The van der Waals surface area contributed by atoms with E-state index < -0.39 is 6.10 Å². The molecule has 0 saturated heterocycles. The first-order chi connectivity index (χ1) is 9.19. The number of rotatable bonds is 5. The standard InChI is InChI=1S/C13H14ClN3O2/c1-19-13-16-11(14)7-12(17-13)15-8-10(18)9-5-3-2-4-6-9/h2-7,10,18H,8H2,1H3,(H,15,16,17). The second kappa shape index (κ2) is 6.36. The number of nitrogens with one attached hydrogen (secondary N) is 1. The fourth-order valence-corrected chi connectivity index (χ4v) is 1.75. The van der Waals surface area contributed by atoms with Gasteiger partial charge in [0.05, 0.1) is 13.2 Å². The summed E-state index contributed by atoms with van der Waals surface area (Å²) in [7, 11) is 1.47. The van der Waals surface area contributed by atoms with Gasteiger partial charge in [0.25, 0.3) is 0 Å². The molecule has 2 rings (SSSR count). The highest BCUT2D eigenvalue weighted by molar-refractivity contribution is 6.29. The van der Waals surface area contributed by atoms with Crippen LogP contribution in [0.15, 0.2) is 36.4 Å². The number of methoxy groups -OCH3 is 1. The Morgan fingerprint density at radius 3 is 2.74 bits per heavy atom. The van der Waals surface area contributed by atoms with E-state index in [1.54, 1.807) is 6.07 Å². The zero-order valence-corrected chi connectivity index (χ0v) is 11.1. The zero-order chi connectivity index (χ0) is 13.7. The molecule has 100 valence electrons. The fraction of sp³-hybridized carbons (Fsp3) is 0.231. The number of nitrogens with zero attached hydrogens (tertiary/aromatic N) is 2. The zero-order valence-electron chi connectivity index (χ0n) is 10.4. The molecule has 0 fully saturated rings. The number of ether oxygens (including phenoxy) is 1. The lowest BCUT2D eigenvalue weighted by atomic mass is 10.1. The minimum atomic E-state index is -0.624. The third kappa shape index (κ3) is 3.81. The average Bonchev–Trinajstić information content (AvgIpc) is 2.45. The van der Waals surface area contributed by atoms with Crippen molar-refractivity contribution in [1.82, 2.24) is 9.97 Å². The molecular formula is C13H14ClN3O2. The highest BCUT2D eigenvalue weighted by Crippen LogP contribution is 2.17. The summed E-state index contributed by atoms with van der Waals surface area (Å²) in [5.41, 5.74) is 0.835. The van der Waals surface area contributed by atoms with Crippen LogP contribution in [-0.2, 0) is 0 Å². The van der Waals surface area contributed by atoms with Gasteiger partial charge in [0.2, 0.25) is 0 Å². The number of aliphatic hydroxyl groups excluding tert-OH is 1. The largest absolute Gasteiger partial charge is 0.467 e. The quantitative estimate of drug-likeness (QED) is 0.822. The summed E-state index contributed by atoms with van der Waals surface area (Å²) >= 11 is 5.83. The Balaban J connectivity index is 2.01. The predicted octanol–water partition coefficient (Wildman–Crippen LogP) is 2.28. The molecule has 6 heteroatoms. The van der Waals surface area contributed by atoms with Crippen LogP contribution in [-0.4, -0.2) is 28.7 Å². The van der Waals surface area contributed by atoms with Crippen LogP contribution in [0.25, 0.3) is 0 Å². The van der Waals surface area contributed by atoms with E-state index in [2.05, 4.69) is 15.3 Å². The Morgan fingerprint density at radius 2 is 2.05 bits per heavy atom. The van der Waals surface area contributed by atoms with Crippen molar-refractivity contribution in [1.29, 1.82) is 0 Å². The van der Waals surface area contributed by atoms with E-state index in [4.69, 9.17) is 16.3 Å². The minimum Gasteiger partial charge on any atom is -0.467 e. The van der Waals surface area contributed by atoms with Crippen LogP contribution >= 0.6 is 11.6 Å². The number of aliphatic hydroxyl groups is 1. The predicted molar refractivity (Wildman–Crippen MR) is 73.5 cm³/mol. The monoisotopic (exact) mass is 279 g/mol. The molecule has 0 spiro atoms. The number of benzene rings is 1. The third-order valence-corrected chi connectivity index (χ3v) is 2.71. The lowest BCUT2D eigenvalue weighted by Gasteiger charge is -2.13. The Labute approximate surface area is 116 Å². The molecule has 1 heterocycles. The number of anilines is 1. The first kappa shape index (κ1) is 13.6. The molecule has 0 aliphatic carbocycles. The summed E-state index contributed by atoms with van der Waals surface area (Å²) in [5, 5.41) is 13.3. The molecule has 0 saturated carbocycles. The van der Waals surface area contributed by atoms with Gasteiger partial charge in [-0.1, -0.05) is 41.9 Å². The lowest BCUT2D eigenvalue weighted by molar-refractivity contribution is 0.191. The topological polar surface area (TPSA) is 67.3 Å². The SMILES string of the molecule is COc1nc(Cl)cc(NCC(O)c2ccccc2)n1. The lowest BCUT2D eigenvalue weighted by Crippen LogP contribution is -2.13. The first-order valence-corrected chi connectivity index (χ1v) is 6.12. The summed E-state index contributed by atoms with van der Waals surface area (Å²) in [6.45, 7) is 0.320. The van der Waals surface area contributed by atoms with Crippen molar-refractivity contribution in [3.05, 3.63) is 47.1 Å². The molecule has 2 N–H and O–H groups in total. The van der Waals surface area contributed by atoms with Crippen molar-refractivity contribution in [2.24, 2.45) is 0 Å². The van der Waals surface area contributed by atoms with Gasteiger partial charge in [0.15, 0.2) is 0 Å². The van der Waals surface area contributed by atoms with Gasteiger partial charge in [0.1, 0.15) is 11.0 Å². The van der Waals surface area contributed by atoms with Gasteiger partial charge < -0.3 is 15.2 Å². The molecule has 0 radical (unpaired) electrons. The molecule has 1 atom stereocenters. The molecule has 1 aromatic carbocycles. The van der Waals surface area contributed by atoms with E-state index in [-0.39, 0.29) is 11.2 Å². The summed E-state index contributed by atoms with van der Waals surface area (Å²) in [6.07, 6.45) is -0.624. The van der Waals surface area contributed by atoms with Gasteiger partial charge in [-0.25, -0.2) is 0 Å². The second-order valence-electron chi connectivity index (χ2n) is 3.87. The second-order valence-corrected chi connectivity index (χ2v) is 4.26. The van der Waals surface area contributed by atoms with Crippen LogP contribution in [0.4, 0.5) is 5.82 Å². The van der Waals surface area contributed by atoms with E-state index in [0.717, 1.165) is 5.56 Å². The molecular weight excluding hydrogens is 266 g/mol. The Hall–Kier alpha value is -1.85. The number of hydrogen-bond donors (Lipinski definition) is 2. The molecule has 0 aliphatic rings. The Kier molecular flexibility index (Phi) is 4.54. The summed E-state index contributed by atoms with van der Waals surface area (Å²) in [5.74, 6) is 0.506. The summed E-state index contributed by atoms with van der Waals surface area (Å²) in [6, 6.07) is 11.1. The van der Waals surface area contributed by atoms with Crippen molar-refractivity contribution in [3.8, 4) is 6.01 Å². The van der Waals surface area contributed by atoms with Crippen molar-refractivity contribution in [3.63, 3.8) is 0 Å². The molecule has 0 aliphatic heterocycles. The highest BCUT2D eigenvalue weighted by Gasteiger charge is 2.08. The van der Waals surface area contributed by atoms with Crippen molar-refractivity contribution < 1.29 is 9.84 Å². The van der Waals surface area contributed by atoms with Gasteiger partial charge in [0, 0.05) is 12.6 Å². The van der Waals surface area contributed by atoms with Crippen molar-refractivity contribution >= 4 is 17.4 Å². The van der Waals surface area contributed by atoms with Gasteiger partial charge >= 0.3 is 6.01 Å². The maximum atomic E-state index is 10.0. The van der Waals surface area contributed by atoms with Gasteiger partial charge in [-0.3, -0.25) is 0 Å². The molecule has 1 aromatic heterocycles.